The Kier molecular flexibility index (Phi) is 7.98. The lowest BCUT2D eigenvalue weighted by molar-refractivity contribution is -0.123. The Bertz CT molecular complexity index is 918. The van der Waals surface area contributed by atoms with Crippen LogP contribution >= 0.6 is 23.2 Å². The highest BCUT2D eigenvalue weighted by atomic mass is 35.5. The molecule has 9 heteroatoms. The minimum absolute atomic E-state index is 0.0270. The molecule has 0 aliphatic heterocycles. The van der Waals surface area contributed by atoms with Crippen molar-refractivity contribution in [2.75, 3.05) is 11.3 Å². The van der Waals surface area contributed by atoms with E-state index in [1.165, 1.54) is 18.2 Å². The van der Waals surface area contributed by atoms with Gasteiger partial charge in [-0.3, -0.25) is 9.52 Å². The third kappa shape index (κ3) is 6.58. The summed E-state index contributed by atoms with van der Waals surface area (Å²) >= 11 is 11.9. The van der Waals surface area contributed by atoms with Crippen molar-refractivity contribution in [3.63, 3.8) is 0 Å². The van der Waals surface area contributed by atoms with Crippen LogP contribution in [-0.2, 0) is 14.8 Å². The molecule has 0 spiro atoms. The fourth-order valence-electron chi connectivity index (χ4n) is 2.46. The molecule has 28 heavy (non-hydrogen) atoms. The third-order valence-corrected chi connectivity index (χ3v) is 5.72. The van der Waals surface area contributed by atoms with Crippen LogP contribution in [0.3, 0.4) is 0 Å². The van der Waals surface area contributed by atoms with Gasteiger partial charge in [-0.1, -0.05) is 36.5 Å². The molecule has 0 aliphatic carbocycles. The molecule has 0 radical (unpaired) electrons. The number of nitrogens with one attached hydrogen (secondary N) is 2. The summed E-state index contributed by atoms with van der Waals surface area (Å²) in [7, 11) is -3.83. The van der Waals surface area contributed by atoms with Crippen LogP contribution in [0.4, 0.5) is 5.69 Å². The second-order valence-corrected chi connectivity index (χ2v) is 8.78. The Hall–Kier alpha value is -1.96. The van der Waals surface area contributed by atoms with E-state index in [0.717, 1.165) is 12.8 Å². The number of halogens is 2. The lowest BCUT2D eigenvalue weighted by Crippen LogP contribution is -2.35. The molecule has 1 amide bonds. The summed E-state index contributed by atoms with van der Waals surface area (Å²) in [6.07, 6.45) is 1.84. The zero-order valence-corrected chi connectivity index (χ0v) is 17.9. The summed E-state index contributed by atoms with van der Waals surface area (Å²) in [5, 5.41) is 3.41. The highest BCUT2D eigenvalue weighted by molar-refractivity contribution is 7.92. The minimum atomic E-state index is -3.83. The fraction of sp³-hybridized carbons (Fsp3) is 0.316. The van der Waals surface area contributed by atoms with Gasteiger partial charge < -0.3 is 10.1 Å². The molecule has 2 aromatic rings. The van der Waals surface area contributed by atoms with Crippen molar-refractivity contribution in [2.24, 2.45) is 0 Å². The van der Waals surface area contributed by atoms with Gasteiger partial charge in [0.25, 0.3) is 15.9 Å². The molecule has 0 unspecified atom stereocenters. The number of sulfonamides is 1. The zero-order valence-electron chi connectivity index (χ0n) is 15.5. The molecule has 1 atom stereocenters. The molecule has 0 aromatic heterocycles. The first-order chi connectivity index (χ1) is 13.2. The van der Waals surface area contributed by atoms with Crippen molar-refractivity contribution >= 4 is 44.8 Å². The van der Waals surface area contributed by atoms with Crippen LogP contribution in [0.15, 0.2) is 47.4 Å². The number of rotatable bonds is 9. The Morgan fingerprint density at radius 1 is 1.14 bits per heavy atom. The van der Waals surface area contributed by atoms with Gasteiger partial charge in [0.2, 0.25) is 0 Å². The summed E-state index contributed by atoms with van der Waals surface area (Å²) in [5.74, 6) is -0.0384. The lowest BCUT2D eigenvalue weighted by Gasteiger charge is -2.14. The number of hydrogen-bond acceptors (Lipinski definition) is 4. The van der Waals surface area contributed by atoms with E-state index in [1.807, 2.05) is 13.8 Å². The summed E-state index contributed by atoms with van der Waals surface area (Å²) in [5.41, 5.74) is 0.374. The Morgan fingerprint density at radius 2 is 1.82 bits per heavy atom. The van der Waals surface area contributed by atoms with E-state index >= 15 is 0 Å². The van der Waals surface area contributed by atoms with Gasteiger partial charge in [0.05, 0.1) is 9.92 Å². The van der Waals surface area contributed by atoms with Crippen LogP contribution in [0, 0.1) is 0 Å². The van der Waals surface area contributed by atoms with Crippen molar-refractivity contribution in [1.82, 2.24) is 5.32 Å². The Balaban J connectivity index is 2.02. The van der Waals surface area contributed by atoms with Gasteiger partial charge in [-0.05, 0) is 55.8 Å². The topological polar surface area (TPSA) is 84.5 Å². The quantitative estimate of drug-likeness (QED) is 0.596. The average molecular weight is 445 g/mol. The molecular formula is C19H22Cl2N2O4S. The van der Waals surface area contributed by atoms with Gasteiger partial charge in [0, 0.05) is 16.8 Å². The standard InChI is InChI=1S/C19H22Cl2N2O4S/c1-3-4-13(2)22-19(24)12-27-18-10-9-16(11-17(18)21)28(25,26)23-15-7-5-14(20)6-8-15/h5-11,13,23H,3-4,12H2,1-2H3,(H,22,24)/t13-/m1/s1. The number of carbonyl (C=O) groups is 1. The molecule has 152 valence electrons. The van der Waals surface area contributed by atoms with E-state index in [9.17, 15) is 13.2 Å². The van der Waals surface area contributed by atoms with Crippen LogP contribution in [0.25, 0.3) is 0 Å². The number of carbonyl (C=O) groups excluding carboxylic acids is 1. The van der Waals surface area contributed by atoms with E-state index in [-0.39, 0.29) is 34.2 Å². The monoisotopic (exact) mass is 444 g/mol. The predicted octanol–water partition coefficient (Wildman–Crippen LogP) is 4.48. The van der Waals surface area contributed by atoms with Crippen LogP contribution < -0.4 is 14.8 Å². The molecule has 2 rings (SSSR count). The summed E-state index contributed by atoms with van der Waals surface area (Å²) in [6, 6.07) is 10.4. The maximum atomic E-state index is 12.5. The van der Waals surface area contributed by atoms with Gasteiger partial charge in [0.1, 0.15) is 5.75 Å². The molecule has 0 saturated heterocycles. The van der Waals surface area contributed by atoms with Crippen molar-refractivity contribution in [2.45, 2.75) is 37.6 Å². The number of amides is 1. The van der Waals surface area contributed by atoms with Crippen LogP contribution in [0.1, 0.15) is 26.7 Å². The van der Waals surface area contributed by atoms with E-state index in [0.29, 0.717) is 10.7 Å². The van der Waals surface area contributed by atoms with Crippen molar-refractivity contribution in [3.8, 4) is 5.75 Å². The first-order valence-electron chi connectivity index (χ1n) is 8.71. The zero-order chi connectivity index (χ0) is 20.7. The SMILES string of the molecule is CCC[C@@H](C)NC(=O)COc1ccc(S(=O)(=O)Nc2ccc(Cl)cc2)cc1Cl. The average Bonchev–Trinajstić information content (AvgIpc) is 2.62. The van der Waals surface area contributed by atoms with Gasteiger partial charge in [-0.15, -0.1) is 0 Å². The Morgan fingerprint density at radius 3 is 2.43 bits per heavy atom. The first-order valence-corrected chi connectivity index (χ1v) is 10.9. The van der Waals surface area contributed by atoms with E-state index in [4.69, 9.17) is 27.9 Å². The van der Waals surface area contributed by atoms with Gasteiger partial charge >= 0.3 is 0 Å². The second kappa shape index (κ2) is 10.0. The highest BCUT2D eigenvalue weighted by Crippen LogP contribution is 2.28. The molecule has 0 saturated carbocycles. The number of hydrogen-bond donors (Lipinski definition) is 2. The highest BCUT2D eigenvalue weighted by Gasteiger charge is 2.17. The third-order valence-electron chi connectivity index (χ3n) is 3.80. The fourth-order valence-corrected chi connectivity index (χ4v) is 3.97. The van der Waals surface area contributed by atoms with Gasteiger partial charge in [-0.2, -0.15) is 0 Å². The number of ether oxygens (including phenoxy) is 1. The minimum Gasteiger partial charge on any atom is -0.482 e. The summed E-state index contributed by atoms with van der Waals surface area (Å²) < 4.78 is 32.8. The van der Waals surface area contributed by atoms with E-state index < -0.39 is 10.0 Å². The smallest absolute Gasteiger partial charge is 0.261 e. The maximum Gasteiger partial charge on any atom is 0.261 e. The van der Waals surface area contributed by atoms with Gasteiger partial charge in [-0.25, -0.2) is 8.42 Å². The maximum absolute atomic E-state index is 12.5. The summed E-state index contributed by atoms with van der Waals surface area (Å²) in [6.45, 7) is 3.75. The molecular weight excluding hydrogens is 423 g/mol. The van der Waals surface area contributed by atoms with Crippen molar-refractivity contribution in [1.29, 1.82) is 0 Å². The van der Waals surface area contributed by atoms with Crippen LogP contribution in [-0.4, -0.2) is 27.0 Å². The molecule has 0 bridgehead atoms. The van der Waals surface area contributed by atoms with E-state index in [2.05, 4.69) is 10.0 Å². The number of anilines is 1. The first kappa shape index (κ1) is 22.3. The molecule has 0 heterocycles. The normalized spacial score (nSPS) is 12.3. The molecule has 0 fully saturated rings. The largest absolute Gasteiger partial charge is 0.482 e. The number of benzene rings is 2. The Labute approximate surface area is 175 Å². The summed E-state index contributed by atoms with van der Waals surface area (Å²) in [4.78, 5) is 11.8. The molecule has 0 aliphatic rings. The van der Waals surface area contributed by atoms with Crippen LogP contribution in [0.5, 0.6) is 5.75 Å². The van der Waals surface area contributed by atoms with Crippen molar-refractivity contribution < 1.29 is 17.9 Å². The predicted molar refractivity (Wildman–Crippen MR) is 112 cm³/mol. The molecule has 6 nitrogen and oxygen atoms in total. The lowest BCUT2D eigenvalue weighted by atomic mass is 10.2. The van der Waals surface area contributed by atoms with Crippen molar-refractivity contribution in [3.05, 3.63) is 52.5 Å². The van der Waals surface area contributed by atoms with E-state index in [1.54, 1.807) is 24.3 Å². The second-order valence-electron chi connectivity index (χ2n) is 6.25. The van der Waals surface area contributed by atoms with Crippen LogP contribution in [0.2, 0.25) is 10.0 Å². The van der Waals surface area contributed by atoms with Gasteiger partial charge in [0.15, 0.2) is 6.61 Å². The molecule has 2 N–H and O–H groups in total. The molecule has 2 aromatic carbocycles.